The molecule has 1 unspecified atom stereocenters. The molecule has 0 aromatic rings. The van der Waals surface area contributed by atoms with Crippen LogP contribution in [0.15, 0.2) is 0 Å². The predicted molar refractivity (Wildman–Crippen MR) is 70.7 cm³/mol. The topological polar surface area (TPSA) is 98.7 Å². The van der Waals surface area contributed by atoms with Crippen molar-refractivity contribution in [3.8, 4) is 0 Å². The van der Waals surface area contributed by atoms with Gasteiger partial charge in [-0.05, 0) is 34.9 Å². The van der Waals surface area contributed by atoms with Crippen molar-refractivity contribution < 1.29 is 19.5 Å². The second kappa shape index (κ2) is 7.08. The molecule has 0 radical (unpaired) electrons. The number of urea groups is 1. The fourth-order valence-corrected chi connectivity index (χ4v) is 1.11. The molecule has 3 N–H and O–H groups in total. The Balaban J connectivity index is 4.14. The van der Waals surface area contributed by atoms with Crippen LogP contribution >= 0.6 is 0 Å². The summed E-state index contributed by atoms with van der Waals surface area (Å²) in [5, 5.41) is 13.5. The highest BCUT2D eigenvalue weighted by atomic mass is 16.4. The zero-order chi connectivity index (χ0) is 15.2. The van der Waals surface area contributed by atoms with Crippen molar-refractivity contribution in [1.29, 1.82) is 0 Å². The lowest BCUT2D eigenvalue weighted by molar-refractivity contribution is -0.149. The van der Waals surface area contributed by atoms with Gasteiger partial charge >= 0.3 is 12.0 Å². The summed E-state index contributed by atoms with van der Waals surface area (Å²) in [7, 11) is 3.76. The Kier molecular flexibility index (Phi) is 6.47. The molecule has 0 heterocycles. The van der Waals surface area contributed by atoms with E-state index in [1.807, 2.05) is 25.9 Å². The molecule has 19 heavy (non-hydrogen) atoms. The lowest BCUT2D eigenvalue weighted by atomic mass is 9.89. The number of carbonyl (C=O) groups is 3. The van der Waals surface area contributed by atoms with Crippen molar-refractivity contribution in [2.24, 2.45) is 5.41 Å². The van der Waals surface area contributed by atoms with Gasteiger partial charge in [-0.25, -0.2) is 4.79 Å². The molecular weight excluding hydrogens is 250 g/mol. The number of hydrogen-bond acceptors (Lipinski definition) is 4. The summed E-state index contributed by atoms with van der Waals surface area (Å²) in [6.45, 7) is 5.19. The maximum atomic E-state index is 11.5. The van der Waals surface area contributed by atoms with E-state index >= 15 is 0 Å². The quantitative estimate of drug-likeness (QED) is 0.645. The van der Waals surface area contributed by atoms with Crippen LogP contribution in [0.3, 0.4) is 0 Å². The molecule has 0 bridgehead atoms. The SMILES string of the molecule is CC(CNC(=O)NC(=O)CC(C)(C)C(=O)O)N(C)C. The van der Waals surface area contributed by atoms with E-state index in [4.69, 9.17) is 5.11 Å². The maximum Gasteiger partial charge on any atom is 0.321 e. The molecule has 0 fully saturated rings. The summed E-state index contributed by atoms with van der Waals surface area (Å²) in [6.07, 6.45) is -0.251. The van der Waals surface area contributed by atoms with Crippen molar-refractivity contribution in [1.82, 2.24) is 15.5 Å². The Morgan fingerprint density at radius 3 is 2.21 bits per heavy atom. The number of carbonyl (C=O) groups excluding carboxylic acids is 2. The molecule has 0 aliphatic carbocycles. The zero-order valence-electron chi connectivity index (χ0n) is 12.1. The number of nitrogens with zero attached hydrogens (tertiary/aromatic N) is 1. The van der Waals surface area contributed by atoms with Gasteiger partial charge in [0.2, 0.25) is 5.91 Å². The average molecular weight is 273 g/mol. The number of carboxylic acids is 1. The number of imide groups is 1. The molecule has 0 aromatic carbocycles. The minimum absolute atomic E-state index is 0.135. The molecule has 1 atom stereocenters. The van der Waals surface area contributed by atoms with E-state index < -0.39 is 23.3 Å². The van der Waals surface area contributed by atoms with E-state index in [0.717, 1.165) is 0 Å². The molecular formula is C12H23N3O4. The minimum atomic E-state index is -1.19. The summed E-state index contributed by atoms with van der Waals surface area (Å²) in [5.74, 6) is -1.69. The van der Waals surface area contributed by atoms with Gasteiger partial charge in [0.05, 0.1) is 5.41 Å². The fraction of sp³-hybridized carbons (Fsp3) is 0.750. The van der Waals surface area contributed by atoms with Crippen LogP contribution in [-0.4, -0.2) is 54.6 Å². The third kappa shape index (κ3) is 6.76. The Hall–Kier alpha value is -1.63. The summed E-state index contributed by atoms with van der Waals surface area (Å²) in [4.78, 5) is 35.7. The van der Waals surface area contributed by atoms with Crippen LogP contribution in [0.4, 0.5) is 4.79 Å². The van der Waals surface area contributed by atoms with E-state index in [1.54, 1.807) is 0 Å². The summed E-state index contributed by atoms with van der Waals surface area (Å²) < 4.78 is 0. The van der Waals surface area contributed by atoms with E-state index in [2.05, 4.69) is 10.6 Å². The van der Waals surface area contributed by atoms with Gasteiger partial charge in [0.25, 0.3) is 0 Å². The number of rotatable bonds is 6. The van der Waals surface area contributed by atoms with Gasteiger partial charge in [-0.15, -0.1) is 0 Å². The first kappa shape index (κ1) is 17.4. The summed E-state index contributed by atoms with van der Waals surface area (Å²) >= 11 is 0. The molecule has 3 amide bonds. The Labute approximate surface area is 113 Å². The summed E-state index contributed by atoms with van der Waals surface area (Å²) in [6, 6.07) is -0.476. The Bertz CT molecular complexity index is 353. The zero-order valence-corrected chi connectivity index (χ0v) is 12.1. The highest BCUT2D eigenvalue weighted by Gasteiger charge is 2.30. The molecule has 0 aromatic heterocycles. The van der Waals surface area contributed by atoms with Crippen molar-refractivity contribution in [3.05, 3.63) is 0 Å². The number of likely N-dealkylation sites (N-methyl/N-ethyl adjacent to an activating group) is 1. The van der Waals surface area contributed by atoms with Crippen LogP contribution in [0.5, 0.6) is 0 Å². The number of hydrogen-bond donors (Lipinski definition) is 3. The van der Waals surface area contributed by atoms with Gasteiger partial charge in [-0.2, -0.15) is 0 Å². The highest BCUT2D eigenvalue weighted by molar-refractivity contribution is 5.96. The summed E-state index contributed by atoms with van der Waals surface area (Å²) in [5.41, 5.74) is -1.19. The minimum Gasteiger partial charge on any atom is -0.481 e. The second-order valence-electron chi connectivity index (χ2n) is 5.44. The highest BCUT2D eigenvalue weighted by Crippen LogP contribution is 2.19. The number of carboxylic acid groups (broad SMARTS) is 1. The van der Waals surface area contributed by atoms with E-state index in [9.17, 15) is 14.4 Å². The first-order chi connectivity index (χ1) is 8.56. The van der Waals surface area contributed by atoms with Gasteiger partial charge in [0.15, 0.2) is 0 Å². The van der Waals surface area contributed by atoms with E-state index in [-0.39, 0.29) is 12.5 Å². The smallest absolute Gasteiger partial charge is 0.321 e. The van der Waals surface area contributed by atoms with Crippen LogP contribution in [0.25, 0.3) is 0 Å². The van der Waals surface area contributed by atoms with E-state index in [1.165, 1.54) is 13.8 Å². The van der Waals surface area contributed by atoms with Crippen LogP contribution in [0.2, 0.25) is 0 Å². The predicted octanol–water partition coefficient (Wildman–Crippen LogP) is 0.263. The molecule has 0 spiro atoms. The van der Waals surface area contributed by atoms with Crippen LogP contribution in [-0.2, 0) is 9.59 Å². The normalized spacial score (nSPS) is 12.9. The number of amides is 3. The third-order valence-electron chi connectivity index (χ3n) is 2.87. The van der Waals surface area contributed by atoms with E-state index in [0.29, 0.717) is 6.54 Å². The van der Waals surface area contributed by atoms with Crippen LogP contribution in [0, 0.1) is 5.41 Å². The largest absolute Gasteiger partial charge is 0.481 e. The van der Waals surface area contributed by atoms with Crippen molar-refractivity contribution in [2.45, 2.75) is 33.2 Å². The third-order valence-corrected chi connectivity index (χ3v) is 2.87. The molecule has 0 saturated heterocycles. The van der Waals surface area contributed by atoms with Gasteiger partial charge in [-0.3, -0.25) is 14.9 Å². The first-order valence-electron chi connectivity index (χ1n) is 6.03. The molecule has 110 valence electrons. The fourth-order valence-electron chi connectivity index (χ4n) is 1.11. The lowest BCUT2D eigenvalue weighted by Gasteiger charge is -2.20. The van der Waals surface area contributed by atoms with Crippen LogP contribution < -0.4 is 10.6 Å². The molecule has 0 aliphatic rings. The molecule has 7 nitrogen and oxygen atoms in total. The lowest BCUT2D eigenvalue weighted by Crippen LogP contribution is -2.46. The van der Waals surface area contributed by atoms with Gasteiger partial charge in [-0.1, -0.05) is 0 Å². The standard InChI is InChI=1S/C12H23N3O4/c1-8(15(4)5)7-13-11(19)14-9(16)6-12(2,3)10(17)18/h8H,6-7H2,1-5H3,(H,17,18)(H2,13,14,16,19). The first-order valence-corrected chi connectivity index (χ1v) is 6.03. The van der Waals surface area contributed by atoms with Crippen molar-refractivity contribution >= 4 is 17.9 Å². The Morgan fingerprint density at radius 1 is 1.26 bits per heavy atom. The number of nitrogens with one attached hydrogen (secondary N) is 2. The molecule has 0 saturated carbocycles. The molecule has 0 rings (SSSR count). The van der Waals surface area contributed by atoms with Gasteiger partial charge < -0.3 is 15.3 Å². The van der Waals surface area contributed by atoms with Crippen molar-refractivity contribution in [3.63, 3.8) is 0 Å². The monoisotopic (exact) mass is 273 g/mol. The number of aliphatic carboxylic acids is 1. The average Bonchev–Trinajstić information content (AvgIpc) is 2.24. The van der Waals surface area contributed by atoms with Crippen LogP contribution in [0.1, 0.15) is 27.2 Å². The molecule has 7 heteroatoms. The van der Waals surface area contributed by atoms with Gasteiger partial charge in [0.1, 0.15) is 0 Å². The van der Waals surface area contributed by atoms with Crippen molar-refractivity contribution in [2.75, 3.05) is 20.6 Å². The maximum absolute atomic E-state index is 11.5. The molecule has 0 aliphatic heterocycles. The van der Waals surface area contributed by atoms with Gasteiger partial charge in [0, 0.05) is 19.0 Å². The second-order valence-corrected chi connectivity index (χ2v) is 5.44. The Morgan fingerprint density at radius 2 is 1.79 bits per heavy atom.